The second kappa shape index (κ2) is 6.40. The van der Waals surface area contributed by atoms with Crippen molar-refractivity contribution in [3.63, 3.8) is 0 Å². The Kier molecular flexibility index (Phi) is 3.99. The van der Waals surface area contributed by atoms with Crippen molar-refractivity contribution < 1.29 is 14.3 Å². The quantitative estimate of drug-likeness (QED) is 0.406. The number of esters is 1. The average Bonchev–Trinajstić information content (AvgIpc) is 2.63. The Morgan fingerprint density at radius 2 is 1.52 bits per heavy atom. The zero-order valence-corrected chi connectivity index (χ0v) is 16.0. The number of allylic oxidation sites excluding steroid dienone is 1. The second-order valence-corrected chi connectivity index (χ2v) is 8.61. The molecule has 4 fully saturated rings. The van der Waals surface area contributed by atoms with E-state index in [1.165, 1.54) is 44.6 Å². The fraction of sp³-hybridized carbons (Fsp3) is 0.458. The van der Waals surface area contributed by atoms with E-state index in [1.54, 1.807) is 5.57 Å². The van der Waals surface area contributed by atoms with Gasteiger partial charge in [0.25, 0.3) is 0 Å². The van der Waals surface area contributed by atoms with Crippen LogP contribution in [0.25, 0.3) is 16.5 Å². The van der Waals surface area contributed by atoms with E-state index in [-0.39, 0.29) is 5.97 Å². The van der Waals surface area contributed by atoms with Crippen molar-refractivity contribution in [3.05, 3.63) is 47.5 Å². The summed E-state index contributed by atoms with van der Waals surface area (Å²) in [6, 6.07) is 12.3. The summed E-state index contributed by atoms with van der Waals surface area (Å²) in [4.78, 5) is 11.2. The van der Waals surface area contributed by atoms with E-state index in [0.29, 0.717) is 5.75 Å². The zero-order chi connectivity index (χ0) is 18.5. The molecule has 0 atom stereocenters. The number of rotatable bonds is 3. The van der Waals surface area contributed by atoms with E-state index in [9.17, 15) is 4.79 Å². The fourth-order valence-corrected chi connectivity index (χ4v) is 6.06. The Balaban J connectivity index is 1.54. The van der Waals surface area contributed by atoms with Gasteiger partial charge >= 0.3 is 5.97 Å². The van der Waals surface area contributed by atoms with Gasteiger partial charge in [0.2, 0.25) is 0 Å². The Morgan fingerprint density at radius 1 is 0.889 bits per heavy atom. The van der Waals surface area contributed by atoms with Crippen LogP contribution in [0.15, 0.2) is 42.0 Å². The normalized spacial score (nSPS) is 28.4. The highest BCUT2D eigenvalue weighted by Gasteiger charge is 2.46. The van der Waals surface area contributed by atoms with Crippen molar-refractivity contribution in [1.29, 1.82) is 0 Å². The summed E-state index contributed by atoms with van der Waals surface area (Å²) in [5, 5.41) is 2.21. The summed E-state index contributed by atoms with van der Waals surface area (Å²) in [6.45, 7) is 1.43. The van der Waals surface area contributed by atoms with Gasteiger partial charge in [0.05, 0.1) is 7.11 Å². The summed E-state index contributed by atoms with van der Waals surface area (Å²) in [6.07, 6.45) is 6.88. The van der Waals surface area contributed by atoms with Crippen LogP contribution in [0.1, 0.15) is 44.6 Å². The number of carbonyl (C=O) groups excluding carboxylic acids is 1. The van der Waals surface area contributed by atoms with Crippen molar-refractivity contribution in [2.24, 2.45) is 23.7 Å². The lowest BCUT2D eigenvalue weighted by molar-refractivity contribution is -0.131. The number of fused-ring (bicyclic) bond motifs is 1. The molecular weight excluding hydrogens is 336 g/mol. The molecule has 0 aliphatic heterocycles. The van der Waals surface area contributed by atoms with Gasteiger partial charge in [0.1, 0.15) is 11.5 Å². The minimum Gasteiger partial charge on any atom is -0.496 e. The van der Waals surface area contributed by atoms with E-state index in [1.807, 2.05) is 25.3 Å². The minimum absolute atomic E-state index is 0.292. The number of methoxy groups -OCH3 is 1. The molecule has 27 heavy (non-hydrogen) atoms. The molecule has 3 heteroatoms. The molecule has 0 spiro atoms. The third-order valence-electron chi connectivity index (χ3n) is 6.82. The first-order chi connectivity index (χ1) is 13.1. The maximum absolute atomic E-state index is 11.2. The Labute approximate surface area is 160 Å². The van der Waals surface area contributed by atoms with E-state index in [4.69, 9.17) is 9.47 Å². The van der Waals surface area contributed by atoms with E-state index in [0.717, 1.165) is 40.2 Å². The summed E-state index contributed by atoms with van der Waals surface area (Å²) >= 11 is 0. The SMILES string of the molecule is COC(=C1C2CC3CC(C2)CC1C3)c1ccc2cc(OC(C)=O)ccc2c1. The molecule has 4 aliphatic carbocycles. The zero-order valence-electron chi connectivity index (χ0n) is 16.0. The van der Waals surface area contributed by atoms with Gasteiger partial charge in [-0.05, 0) is 90.3 Å². The summed E-state index contributed by atoms with van der Waals surface area (Å²) in [5.41, 5.74) is 2.76. The molecule has 4 aliphatic rings. The molecule has 6 rings (SSSR count). The summed E-state index contributed by atoms with van der Waals surface area (Å²) < 4.78 is 11.2. The van der Waals surface area contributed by atoms with Crippen LogP contribution in [0.5, 0.6) is 5.75 Å². The van der Waals surface area contributed by atoms with Crippen LogP contribution in [-0.2, 0) is 9.53 Å². The first kappa shape index (κ1) is 16.9. The number of hydrogen-bond donors (Lipinski definition) is 0. The van der Waals surface area contributed by atoms with Crippen LogP contribution in [0.4, 0.5) is 0 Å². The van der Waals surface area contributed by atoms with E-state index >= 15 is 0 Å². The number of carbonyl (C=O) groups is 1. The van der Waals surface area contributed by atoms with Gasteiger partial charge in [0, 0.05) is 12.5 Å². The largest absolute Gasteiger partial charge is 0.496 e. The van der Waals surface area contributed by atoms with Crippen molar-refractivity contribution in [2.45, 2.75) is 39.0 Å². The monoisotopic (exact) mass is 362 g/mol. The van der Waals surface area contributed by atoms with Crippen LogP contribution < -0.4 is 4.74 Å². The molecule has 0 N–H and O–H groups in total. The van der Waals surface area contributed by atoms with Crippen molar-refractivity contribution >= 4 is 22.5 Å². The second-order valence-electron chi connectivity index (χ2n) is 8.61. The van der Waals surface area contributed by atoms with Gasteiger partial charge in [-0.15, -0.1) is 0 Å². The Bertz CT molecular complexity index is 910. The Hall–Kier alpha value is -2.29. The predicted octanol–water partition coefficient (Wildman–Crippen LogP) is 5.58. The first-order valence-corrected chi connectivity index (χ1v) is 10.1. The summed E-state index contributed by atoms with van der Waals surface area (Å²) in [7, 11) is 1.82. The summed E-state index contributed by atoms with van der Waals surface area (Å²) in [5.74, 6) is 4.75. The Morgan fingerprint density at radius 3 is 2.15 bits per heavy atom. The lowest BCUT2D eigenvalue weighted by Gasteiger charge is -2.51. The third-order valence-corrected chi connectivity index (χ3v) is 6.82. The average molecular weight is 362 g/mol. The smallest absolute Gasteiger partial charge is 0.308 e. The maximum atomic E-state index is 11.2. The van der Waals surface area contributed by atoms with Crippen LogP contribution >= 0.6 is 0 Å². The highest BCUT2D eigenvalue weighted by molar-refractivity contribution is 5.87. The first-order valence-electron chi connectivity index (χ1n) is 10.1. The molecule has 140 valence electrons. The van der Waals surface area contributed by atoms with Gasteiger partial charge in [-0.1, -0.05) is 18.2 Å². The molecule has 0 heterocycles. The molecule has 0 unspecified atom stereocenters. The molecule has 0 aromatic heterocycles. The molecular formula is C24H26O3. The number of benzene rings is 2. The standard InChI is InChI=1S/C24H26O3/c1-14(25)27-22-6-5-17-12-19(4-3-18(17)13-22)24(26-2)23-20-8-15-7-16(10-20)11-21(23)9-15/h3-6,12-13,15-16,20-21H,7-11H2,1-2H3. The lowest BCUT2D eigenvalue weighted by Crippen LogP contribution is -2.40. The third kappa shape index (κ3) is 2.93. The van der Waals surface area contributed by atoms with Gasteiger partial charge in [0.15, 0.2) is 0 Å². The molecule has 2 aromatic carbocycles. The minimum atomic E-state index is -0.292. The van der Waals surface area contributed by atoms with Gasteiger partial charge in [-0.3, -0.25) is 4.79 Å². The molecule has 0 amide bonds. The maximum Gasteiger partial charge on any atom is 0.308 e. The fourth-order valence-electron chi connectivity index (χ4n) is 6.06. The molecule has 0 radical (unpaired) electrons. The van der Waals surface area contributed by atoms with Crippen LogP contribution in [-0.4, -0.2) is 13.1 Å². The molecule has 4 saturated carbocycles. The molecule has 4 bridgehead atoms. The topological polar surface area (TPSA) is 35.5 Å². The number of ether oxygens (including phenoxy) is 2. The van der Waals surface area contributed by atoms with Crippen molar-refractivity contribution in [3.8, 4) is 5.75 Å². The van der Waals surface area contributed by atoms with E-state index in [2.05, 4.69) is 18.2 Å². The van der Waals surface area contributed by atoms with Crippen molar-refractivity contribution in [2.75, 3.05) is 7.11 Å². The number of hydrogen-bond acceptors (Lipinski definition) is 3. The lowest BCUT2D eigenvalue weighted by atomic mass is 9.54. The van der Waals surface area contributed by atoms with E-state index < -0.39 is 0 Å². The van der Waals surface area contributed by atoms with Crippen LogP contribution in [0, 0.1) is 23.7 Å². The van der Waals surface area contributed by atoms with Crippen LogP contribution in [0.2, 0.25) is 0 Å². The molecule has 2 aromatic rings. The van der Waals surface area contributed by atoms with Gasteiger partial charge < -0.3 is 9.47 Å². The van der Waals surface area contributed by atoms with Crippen LogP contribution in [0.3, 0.4) is 0 Å². The van der Waals surface area contributed by atoms with Crippen molar-refractivity contribution in [1.82, 2.24) is 0 Å². The molecule has 3 nitrogen and oxygen atoms in total. The highest BCUT2D eigenvalue weighted by atomic mass is 16.5. The highest BCUT2D eigenvalue weighted by Crippen LogP contribution is 2.57. The molecule has 0 saturated heterocycles. The predicted molar refractivity (Wildman–Crippen MR) is 106 cm³/mol. The van der Waals surface area contributed by atoms with Gasteiger partial charge in [-0.2, -0.15) is 0 Å². The van der Waals surface area contributed by atoms with Gasteiger partial charge in [-0.25, -0.2) is 0 Å².